The second kappa shape index (κ2) is 35.6. The zero-order valence-electron chi connectivity index (χ0n) is 61.2. The topological polar surface area (TPSA) is 152 Å². The highest BCUT2D eigenvalue weighted by molar-refractivity contribution is 5.66. The molecule has 0 amide bonds. The third-order valence-corrected chi connectivity index (χ3v) is 30.5. The lowest BCUT2D eigenvalue weighted by atomic mass is 9.64. The fourth-order valence-electron chi connectivity index (χ4n) is 29.2. The Morgan fingerprint density at radius 1 is 0.261 bits per heavy atom. The summed E-state index contributed by atoms with van der Waals surface area (Å²) in [4.78, 5) is 19.6. The number of methoxy groups -OCH3 is 2. The number of carbonyl (C=O) groups is 2. The minimum absolute atomic E-state index is 0.211. The van der Waals surface area contributed by atoms with Crippen LogP contribution in [0.5, 0.6) is 0 Å². The van der Waals surface area contributed by atoms with Crippen molar-refractivity contribution in [2.75, 3.05) is 67.1 Å². The first-order valence-electron chi connectivity index (χ1n) is 40.4. The summed E-state index contributed by atoms with van der Waals surface area (Å²) in [6.07, 6.45) is 45.6. The lowest BCUT2D eigenvalue weighted by Crippen LogP contribution is -2.35. The molecule has 20 aliphatic rings. The lowest BCUT2D eigenvalue weighted by molar-refractivity contribution is -0.141. The third kappa shape index (κ3) is 15.7. The third-order valence-electron chi connectivity index (χ3n) is 30.5. The van der Waals surface area contributed by atoms with E-state index in [4.69, 9.17) is 20.4 Å². The van der Waals surface area contributed by atoms with Gasteiger partial charge in [0, 0.05) is 67.7 Å². The lowest BCUT2D eigenvalue weighted by Gasteiger charge is -2.40. The Bertz CT molecular complexity index is 1900. The molecule has 10 nitrogen and oxygen atoms in total. The number of ether oxygens (including phenoxy) is 4. The molecule has 20 fully saturated rings. The molecule has 0 aromatic carbocycles. The number of rotatable bonds is 4. The van der Waals surface area contributed by atoms with Crippen molar-refractivity contribution < 1.29 is 49.0 Å². The van der Waals surface area contributed by atoms with Gasteiger partial charge in [0.1, 0.15) is 0 Å². The smallest absolute Gasteiger partial charge is 0.302 e. The summed E-state index contributed by atoms with van der Waals surface area (Å²) in [6.45, 7) is 20.6. The summed E-state index contributed by atoms with van der Waals surface area (Å²) >= 11 is 0. The average Bonchev–Trinajstić information content (AvgIpc) is 1.48. The number of aliphatic hydroxyl groups is 4. The van der Waals surface area contributed by atoms with E-state index >= 15 is 0 Å². The van der Waals surface area contributed by atoms with Crippen LogP contribution in [0.25, 0.3) is 0 Å². The predicted octanol–water partition coefficient (Wildman–Crippen LogP) is 17.3. The Balaban J connectivity index is 0.000000126. The van der Waals surface area contributed by atoms with Gasteiger partial charge in [-0.2, -0.15) is 0 Å². The van der Waals surface area contributed by atoms with Crippen LogP contribution in [0, 0.1) is 189 Å². The summed E-state index contributed by atoms with van der Waals surface area (Å²) in [5.74, 6) is 38.6. The van der Waals surface area contributed by atoms with E-state index in [0.29, 0.717) is 13.2 Å². The first kappa shape index (κ1) is 74.9. The standard InChI is InChI=1S/4C15H22.2C4H8O2.2C3H8O.4C2H6O/c2*1-3-10-5-8(1)12-7-13-9-2-4-11(6-9)15(13)14(10)12;2*1-2-10-11(3-1)13-7-12(10)14-8-4-5-9(6-8)15(13)14;2*1-3-6-4(2)5;2*1-3-4-2;4*1-2-3/h4*8-15H,1-7H2;2*3H2,1-2H3;2*3H2,1-2H3;4*3H,2H2,1H3. The van der Waals surface area contributed by atoms with E-state index in [2.05, 4.69) is 18.9 Å². The van der Waals surface area contributed by atoms with E-state index in [1.54, 1.807) is 236 Å². The molecule has 4 N–H and O–H groups in total. The molecule has 32 atom stereocenters. The van der Waals surface area contributed by atoms with Gasteiger partial charge in [0.2, 0.25) is 0 Å². The van der Waals surface area contributed by atoms with Crippen molar-refractivity contribution in [1.82, 2.24) is 0 Å². The van der Waals surface area contributed by atoms with Gasteiger partial charge in [-0.25, -0.2) is 0 Å². The molecule has 32 unspecified atom stereocenters. The Morgan fingerprint density at radius 3 is 0.587 bits per heavy atom. The maximum Gasteiger partial charge on any atom is 0.302 e. The molecular weight excluding hydrogens is 1140 g/mol. The molecular formula is C82H144O10. The number of fused-ring (bicyclic) bond motifs is 46. The number of aliphatic hydroxyl groups excluding tert-OH is 4. The highest BCUT2D eigenvalue weighted by Gasteiger charge is 2.68. The van der Waals surface area contributed by atoms with Crippen LogP contribution in [-0.4, -0.2) is 99.4 Å². The first-order valence-corrected chi connectivity index (χ1v) is 40.4. The molecule has 0 aromatic rings. The molecule has 0 saturated heterocycles. The average molecular weight is 1290 g/mol. The number of esters is 2. The first-order chi connectivity index (χ1) is 44.7. The molecule has 10 heteroatoms. The summed E-state index contributed by atoms with van der Waals surface area (Å²) in [5, 5.41) is 30.3. The highest BCUT2D eigenvalue weighted by Crippen LogP contribution is 2.76. The van der Waals surface area contributed by atoms with Gasteiger partial charge >= 0.3 is 11.9 Å². The minimum atomic E-state index is -0.211. The predicted molar refractivity (Wildman–Crippen MR) is 372 cm³/mol. The summed E-state index contributed by atoms with van der Waals surface area (Å²) in [5.41, 5.74) is 0. The van der Waals surface area contributed by atoms with Crippen molar-refractivity contribution in [2.45, 2.75) is 249 Å². The Morgan fingerprint density at radius 2 is 0.424 bits per heavy atom. The molecule has 20 aliphatic carbocycles. The van der Waals surface area contributed by atoms with Crippen LogP contribution >= 0.6 is 0 Å². The van der Waals surface area contributed by atoms with Crippen LogP contribution in [0.3, 0.4) is 0 Å². The molecule has 20 rings (SSSR count). The van der Waals surface area contributed by atoms with Crippen molar-refractivity contribution in [1.29, 1.82) is 0 Å². The van der Waals surface area contributed by atoms with E-state index in [9.17, 15) is 9.59 Å². The van der Waals surface area contributed by atoms with Gasteiger partial charge in [-0.3, -0.25) is 9.59 Å². The molecule has 0 aromatic heterocycles. The fraction of sp³-hybridized carbons (Fsp3) is 0.976. The van der Waals surface area contributed by atoms with Gasteiger partial charge in [-0.1, -0.05) is 12.8 Å². The Hall–Kier alpha value is -1.30. The molecule has 0 spiro atoms. The molecule has 532 valence electrons. The molecule has 0 radical (unpaired) electrons. The monoisotopic (exact) mass is 1290 g/mol. The van der Waals surface area contributed by atoms with Gasteiger partial charge < -0.3 is 39.4 Å². The van der Waals surface area contributed by atoms with E-state index in [0.717, 1.165) is 13.2 Å². The van der Waals surface area contributed by atoms with Crippen molar-refractivity contribution in [2.24, 2.45) is 189 Å². The Labute approximate surface area is 563 Å². The van der Waals surface area contributed by atoms with Crippen LogP contribution in [0.2, 0.25) is 0 Å². The number of hydrogen-bond acceptors (Lipinski definition) is 10. The van der Waals surface area contributed by atoms with Gasteiger partial charge in [0.05, 0.1) is 13.2 Å². The largest absolute Gasteiger partial charge is 0.466 e. The van der Waals surface area contributed by atoms with Crippen molar-refractivity contribution in [3.05, 3.63) is 0 Å². The zero-order chi connectivity index (χ0) is 65.9. The molecule has 0 aliphatic heterocycles. The van der Waals surface area contributed by atoms with E-state index in [-0.39, 0.29) is 38.4 Å². The van der Waals surface area contributed by atoms with Gasteiger partial charge in [-0.05, 0) is 412 Å². The summed E-state index contributed by atoms with van der Waals surface area (Å²) in [6, 6.07) is 0. The van der Waals surface area contributed by atoms with Crippen LogP contribution in [0.1, 0.15) is 249 Å². The van der Waals surface area contributed by atoms with Crippen LogP contribution in [-0.2, 0) is 28.5 Å². The van der Waals surface area contributed by atoms with E-state index < -0.39 is 0 Å². The maximum absolute atomic E-state index is 9.82. The fourth-order valence-corrected chi connectivity index (χ4v) is 29.2. The number of carbonyl (C=O) groups excluding carboxylic acids is 2. The normalized spacial score (nSPS) is 47.3. The summed E-state index contributed by atoms with van der Waals surface area (Å²) in [7, 11) is 3.36. The Kier molecular flexibility index (Phi) is 29.0. The SMILES string of the molecule is C1CC2C(C1)C1CC2C2C3CCC(C3)C12.C1CC2C(C1)C1CC2C2C3CCC(C3)C12.C1CC2CC1C1CC3C4CCC(C4)C3C21.C1CC2CC1C1CC3C4CCC(C4)C3C21.CCO.CCO.CCO.CCO.CCOC.CCOC.CCOC(C)=O.CCOC(C)=O. The van der Waals surface area contributed by atoms with Crippen LogP contribution in [0.4, 0.5) is 0 Å². The number of hydrogen-bond donors (Lipinski definition) is 4. The van der Waals surface area contributed by atoms with Crippen LogP contribution in [0.15, 0.2) is 0 Å². The zero-order valence-corrected chi connectivity index (χ0v) is 61.2. The van der Waals surface area contributed by atoms with E-state index in [1.165, 1.54) is 203 Å². The second-order valence-corrected chi connectivity index (χ2v) is 33.7. The van der Waals surface area contributed by atoms with E-state index in [1.807, 2.05) is 13.8 Å². The molecule has 20 saturated carbocycles. The second-order valence-electron chi connectivity index (χ2n) is 33.7. The van der Waals surface area contributed by atoms with Crippen molar-refractivity contribution in [3.8, 4) is 0 Å². The van der Waals surface area contributed by atoms with Gasteiger partial charge in [0.25, 0.3) is 0 Å². The highest BCUT2D eigenvalue weighted by atomic mass is 16.5. The van der Waals surface area contributed by atoms with Crippen LogP contribution < -0.4 is 0 Å². The molecule has 92 heavy (non-hydrogen) atoms. The summed E-state index contributed by atoms with van der Waals surface area (Å²) < 4.78 is 17.9. The van der Waals surface area contributed by atoms with Crippen molar-refractivity contribution >= 4 is 11.9 Å². The minimum Gasteiger partial charge on any atom is -0.466 e. The van der Waals surface area contributed by atoms with Gasteiger partial charge in [0.15, 0.2) is 0 Å². The molecule has 0 heterocycles. The van der Waals surface area contributed by atoms with Gasteiger partial charge in [-0.15, -0.1) is 0 Å². The maximum atomic E-state index is 9.82. The molecule has 16 bridgehead atoms. The quantitative estimate of drug-likeness (QED) is 0.158. The van der Waals surface area contributed by atoms with Crippen molar-refractivity contribution in [3.63, 3.8) is 0 Å².